The Morgan fingerprint density at radius 2 is 1.92 bits per heavy atom. The maximum absolute atomic E-state index is 12.8. The van der Waals surface area contributed by atoms with Gasteiger partial charge in [-0.1, -0.05) is 19.1 Å². The van der Waals surface area contributed by atoms with Crippen LogP contribution in [0.3, 0.4) is 0 Å². The summed E-state index contributed by atoms with van der Waals surface area (Å²) in [5, 5.41) is 4.29. The molecule has 0 saturated heterocycles. The highest BCUT2D eigenvalue weighted by Gasteiger charge is 2.20. The van der Waals surface area contributed by atoms with Crippen molar-refractivity contribution in [2.24, 2.45) is 0 Å². The molecule has 0 atom stereocenters. The largest absolute Gasteiger partial charge is 0.297 e. The van der Waals surface area contributed by atoms with Gasteiger partial charge in [-0.2, -0.15) is 5.10 Å². The Balaban J connectivity index is 2.14. The van der Waals surface area contributed by atoms with Crippen molar-refractivity contribution in [1.82, 2.24) is 14.2 Å². The average Bonchev–Trinajstić information content (AvgIpc) is 3.06. The molecule has 0 radical (unpaired) electrons. The van der Waals surface area contributed by atoms with Crippen LogP contribution >= 0.6 is 0 Å². The molecule has 0 amide bonds. The summed E-state index contributed by atoms with van der Waals surface area (Å²) in [7, 11) is -3.82. The van der Waals surface area contributed by atoms with Gasteiger partial charge in [-0.25, -0.2) is 13.1 Å². The van der Waals surface area contributed by atoms with Gasteiger partial charge in [0.2, 0.25) is 0 Å². The van der Waals surface area contributed by atoms with E-state index in [2.05, 4.69) is 9.82 Å². The lowest BCUT2D eigenvalue weighted by Gasteiger charge is -2.11. The summed E-state index contributed by atoms with van der Waals surface area (Å²) in [6, 6.07) is 6.85. The van der Waals surface area contributed by atoms with Gasteiger partial charge >= 0.3 is 0 Å². The third-order valence-corrected chi connectivity index (χ3v) is 5.87. The number of nitrogens with one attached hydrogen (secondary N) is 1. The number of aromatic nitrogens is 3. The minimum atomic E-state index is -3.82. The lowest BCUT2D eigenvalue weighted by atomic mass is 10.1. The highest BCUT2D eigenvalue weighted by Crippen LogP contribution is 2.23. The molecule has 0 bridgehead atoms. The first-order valence-corrected chi connectivity index (χ1v) is 9.98. The maximum Gasteiger partial charge on any atom is 0.291 e. The summed E-state index contributed by atoms with van der Waals surface area (Å²) in [6.07, 6.45) is 2.03. The van der Waals surface area contributed by atoms with Crippen molar-refractivity contribution in [3.05, 3.63) is 57.8 Å². The Morgan fingerprint density at radius 3 is 2.58 bits per heavy atom. The van der Waals surface area contributed by atoms with Crippen LogP contribution in [-0.2, 0) is 23.0 Å². The minimum Gasteiger partial charge on any atom is -0.297 e. The van der Waals surface area contributed by atoms with Crippen molar-refractivity contribution in [2.75, 3.05) is 4.72 Å². The Morgan fingerprint density at radius 1 is 1.19 bits per heavy atom. The van der Waals surface area contributed by atoms with Crippen LogP contribution in [0.5, 0.6) is 0 Å². The maximum atomic E-state index is 12.8. The van der Waals surface area contributed by atoms with Gasteiger partial charge in [-0.05, 0) is 44.0 Å². The van der Waals surface area contributed by atoms with Gasteiger partial charge in [0, 0.05) is 19.2 Å². The SMILES string of the molecule is CCc1nn(CC)c(=O)c2cc(S(=O)(=O)Nc3cccc(C)c3C)cn12. The zero-order valence-electron chi connectivity index (χ0n) is 15.3. The van der Waals surface area contributed by atoms with Crippen molar-refractivity contribution in [3.63, 3.8) is 0 Å². The average molecular weight is 374 g/mol. The van der Waals surface area contributed by atoms with Crippen LogP contribution in [0.1, 0.15) is 30.8 Å². The van der Waals surface area contributed by atoms with Crippen LogP contribution < -0.4 is 10.3 Å². The number of anilines is 1. The third-order valence-electron chi connectivity index (χ3n) is 4.54. The van der Waals surface area contributed by atoms with E-state index < -0.39 is 10.0 Å². The zero-order chi connectivity index (χ0) is 19.1. The second-order valence-corrected chi connectivity index (χ2v) is 7.86. The molecule has 0 aliphatic heterocycles. The van der Waals surface area contributed by atoms with E-state index in [0.717, 1.165) is 11.1 Å². The molecular formula is C18H22N4O3S. The number of benzene rings is 1. The second-order valence-electron chi connectivity index (χ2n) is 6.17. The van der Waals surface area contributed by atoms with Crippen molar-refractivity contribution >= 4 is 21.2 Å². The lowest BCUT2D eigenvalue weighted by Crippen LogP contribution is -2.26. The van der Waals surface area contributed by atoms with E-state index in [1.165, 1.54) is 16.9 Å². The monoisotopic (exact) mass is 374 g/mol. The highest BCUT2D eigenvalue weighted by molar-refractivity contribution is 7.92. The van der Waals surface area contributed by atoms with E-state index in [1.807, 2.05) is 33.8 Å². The number of nitrogens with zero attached hydrogens (tertiary/aromatic N) is 3. The van der Waals surface area contributed by atoms with Gasteiger partial charge in [0.25, 0.3) is 15.6 Å². The number of hydrogen-bond donors (Lipinski definition) is 1. The van der Waals surface area contributed by atoms with Crippen molar-refractivity contribution in [3.8, 4) is 0 Å². The molecule has 0 aliphatic rings. The van der Waals surface area contributed by atoms with E-state index in [-0.39, 0.29) is 10.5 Å². The van der Waals surface area contributed by atoms with Crippen LogP contribution in [0.4, 0.5) is 5.69 Å². The highest BCUT2D eigenvalue weighted by atomic mass is 32.2. The Labute approximate surface area is 152 Å². The van der Waals surface area contributed by atoms with Gasteiger partial charge in [0.15, 0.2) is 0 Å². The molecule has 3 aromatic rings. The fourth-order valence-electron chi connectivity index (χ4n) is 2.85. The molecule has 0 saturated carbocycles. The minimum absolute atomic E-state index is 0.0425. The molecule has 1 aromatic carbocycles. The van der Waals surface area contributed by atoms with Gasteiger partial charge in [-0.3, -0.25) is 13.9 Å². The van der Waals surface area contributed by atoms with Crippen LogP contribution in [-0.4, -0.2) is 22.6 Å². The number of aryl methyl sites for hydroxylation is 3. The first-order chi connectivity index (χ1) is 12.3. The molecule has 0 fully saturated rings. The Kier molecular flexibility index (Phi) is 4.62. The first kappa shape index (κ1) is 18.2. The summed E-state index contributed by atoms with van der Waals surface area (Å²) in [4.78, 5) is 12.5. The normalized spacial score (nSPS) is 11.8. The summed E-state index contributed by atoms with van der Waals surface area (Å²) in [5.74, 6) is 0.634. The molecule has 2 aromatic heterocycles. The van der Waals surface area contributed by atoms with E-state index in [9.17, 15) is 13.2 Å². The standard InChI is InChI=1S/C18H22N4O3S/c1-5-17-19-22(6-2)18(23)16-10-14(11-21(16)17)26(24,25)20-15-9-7-8-12(3)13(15)4/h7-11,20H,5-6H2,1-4H3. The van der Waals surface area contributed by atoms with E-state index >= 15 is 0 Å². The number of hydrogen-bond acceptors (Lipinski definition) is 4. The number of fused-ring (bicyclic) bond motifs is 1. The fraction of sp³-hybridized carbons (Fsp3) is 0.333. The van der Waals surface area contributed by atoms with Crippen LogP contribution in [0, 0.1) is 13.8 Å². The summed E-state index contributed by atoms with van der Waals surface area (Å²) < 4.78 is 31.2. The van der Waals surface area contributed by atoms with Crippen LogP contribution in [0.2, 0.25) is 0 Å². The van der Waals surface area contributed by atoms with E-state index in [4.69, 9.17) is 0 Å². The molecule has 0 spiro atoms. The smallest absolute Gasteiger partial charge is 0.291 e. The zero-order valence-corrected chi connectivity index (χ0v) is 16.1. The Bertz CT molecular complexity index is 1140. The quantitative estimate of drug-likeness (QED) is 0.743. The van der Waals surface area contributed by atoms with Gasteiger partial charge in [0.05, 0.1) is 5.69 Å². The molecule has 1 N–H and O–H groups in total. The van der Waals surface area contributed by atoms with Crippen LogP contribution in [0.25, 0.3) is 5.52 Å². The molecular weight excluding hydrogens is 352 g/mol. The molecule has 7 nitrogen and oxygen atoms in total. The van der Waals surface area contributed by atoms with Crippen LogP contribution in [0.15, 0.2) is 40.2 Å². The van der Waals surface area contributed by atoms with E-state index in [1.54, 1.807) is 16.5 Å². The first-order valence-electron chi connectivity index (χ1n) is 8.49. The predicted molar refractivity (Wildman–Crippen MR) is 101 cm³/mol. The summed E-state index contributed by atoms with van der Waals surface area (Å²) >= 11 is 0. The van der Waals surface area contributed by atoms with Crippen molar-refractivity contribution < 1.29 is 8.42 Å². The molecule has 0 unspecified atom stereocenters. The molecule has 26 heavy (non-hydrogen) atoms. The predicted octanol–water partition coefficient (Wildman–Crippen LogP) is 2.50. The fourth-order valence-corrected chi connectivity index (χ4v) is 3.99. The molecule has 8 heteroatoms. The number of sulfonamides is 1. The summed E-state index contributed by atoms with van der Waals surface area (Å²) in [5.41, 5.74) is 2.39. The van der Waals surface area contributed by atoms with Gasteiger partial charge in [0.1, 0.15) is 16.2 Å². The van der Waals surface area contributed by atoms with Gasteiger partial charge < -0.3 is 0 Å². The van der Waals surface area contributed by atoms with Gasteiger partial charge in [-0.15, -0.1) is 0 Å². The second kappa shape index (κ2) is 6.60. The van der Waals surface area contributed by atoms with Crippen molar-refractivity contribution in [2.45, 2.75) is 45.6 Å². The third kappa shape index (κ3) is 3.01. The number of rotatable bonds is 5. The molecule has 2 heterocycles. The molecule has 138 valence electrons. The molecule has 3 rings (SSSR count). The Hall–Kier alpha value is -2.61. The molecule has 0 aliphatic carbocycles. The lowest BCUT2D eigenvalue weighted by molar-refractivity contribution is 0.583. The topological polar surface area (TPSA) is 85.5 Å². The summed E-state index contributed by atoms with van der Waals surface area (Å²) in [6.45, 7) is 7.95. The van der Waals surface area contributed by atoms with Crippen molar-refractivity contribution in [1.29, 1.82) is 0 Å². The van der Waals surface area contributed by atoms with E-state index in [0.29, 0.717) is 30.0 Å².